The van der Waals surface area contributed by atoms with Gasteiger partial charge in [0, 0.05) is 19.5 Å². The monoisotopic (exact) mass is 361 g/mol. The molecule has 0 fully saturated rings. The molecule has 1 atom stereocenters. The minimum atomic E-state index is -0.217. The normalized spacial score (nSPS) is 16.2. The molecule has 1 unspecified atom stereocenters. The Hall–Kier alpha value is -2.47. The van der Waals surface area contributed by atoms with E-state index >= 15 is 0 Å². The van der Waals surface area contributed by atoms with Crippen molar-refractivity contribution < 1.29 is 14.0 Å². The fourth-order valence-electron chi connectivity index (χ4n) is 2.67. The van der Waals surface area contributed by atoms with Crippen molar-refractivity contribution in [3.63, 3.8) is 0 Å². The van der Waals surface area contributed by atoms with Crippen molar-refractivity contribution in [3.05, 3.63) is 59.0 Å². The molecular formula is C18H20ClN3O3. The Morgan fingerprint density at radius 1 is 1.32 bits per heavy atom. The molecule has 0 aliphatic carbocycles. The lowest BCUT2D eigenvalue weighted by molar-refractivity contribution is 0.0590. The van der Waals surface area contributed by atoms with E-state index in [9.17, 15) is 4.79 Å². The first-order chi connectivity index (χ1) is 12.2. The van der Waals surface area contributed by atoms with Crippen LogP contribution < -0.4 is 5.32 Å². The Morgan fingerprint density at radius 3 is 2.80 bits per heavy atom. The molecule has 2 heterocycles. The van der Waals surface area contributed by atoms with E-state index in [1.54, 1.807) is 17.0 Å². The second-order valence-corrected chi connectivity index (χ2v) is 6.15. The van der Waals surface area contributed by atoms with Crippen LogP contribution in [0.15, 0.2) is 52.0 Å². The number of hydrogen-bond acceptors (Lipinski definition) is 4. The van der Waals surface area contributed by atoms with Gasteiger partial charge < -0.3 is 19.5 Å². The van der Waals surface area contributed by atoms with Crippen molar-refractivity contribution in [2.24, 2.45) is 5.16 Å². The zero-order valence-electron chi connectivity index (χ0n) is 13.9. The number of furan rings is 1. The van der Waals surface area contributed by atoms with Crippen molar-refractivity contribution in [1.82, 2.24) is 10.2 Å². The fraction of sp³-hybridized carbons (Fsp3) is 0.333. The molecule has 25 heavy (non-hydrogen) atoms. The maximum absolute atomic E-state index is 12.4. The number of rotatable bonds is 6. The van der Waals surface area contributed by atoms with Crippen molar-refractivity contribution in [1.29, 1.82) is 0 Å². The average Bonchev–Trinajstić information content (AvgIpc) is 3.24. The van der Waals surface area contributed by atoms with Crippen LogP contribution in [0.2, 0.25) is 5.22 Å². The molecule has 3 rings (SSSR count). The summed E-state index contributed by atoms with van der Waals surface area (Å²) in [4.78, 5) is 19.6. The summed E-state index contributed by atoms with van der Waals surface area (Å²) < 4.78 is 5.36. The first-order valence-corrected chi connectivity index (χ1v) is 8.58. The van der Waals surface area contributed by atoms with E-state index in [4.69, 9.17) is 20.9 Å². The van der Waals surface area contributed by atoms with Gasteiger partial charge in [0.2, 0.25) is 0 Å². The van der Waals surface area contributed by atoms with E-state index in [0.717, 1.165) is 5.56 Å². The predicted octanol–water partition coefficient (Wildman–Crippen LogP) is 3.66. The molecule has 132 valence electrons. The van der Waals surface area contributed by atoms with Crippen molar-refractivity contribution in [3.8, 4) is 0 Å². The molecule has 1 aromatic heterocycles. The summed E-state index contributed by atoms with van der Waals surface area (Å²) in [5.41, 5.74) is 1.76. The average molecular weight is 362 g/mol. The van der Waals surface area contributed by atoms with Gasteiger partial charge in [-0.05, 0) is 36.2 Å². The maximum atomic E-state index is 12.4. The van der Waals surface area contributed by atoms with Crippen LogP contribution in [0, 0.1) is 0 Å². The highest BCUT2D eigenvalue weighted by molar-refractivity contribution is 6.29. The lowest BCUT2D eigenvalue weighted by Crippen LogP contribution is -2.43. The smallest absolute Gasteiger partial charge is 0.317 e. The first kappa shape index (κ1) is 17.4. The molecule has 0 spiro atoms. The minimum Gasteiger partial charge on any atom is -0.443 e. The number of hydrogen-bond donors (Lipinski definition) is 1. The topological polar surface area (TPSA) is 67.1 Å². The van der Waals surface area contributed by atoms with Gasteiger partial charge >= 0.3 is 6.03 Å². The van der Waals surface area contributed by atoms with E-state index in [-0.39, 0.29) is 12.1 Å². The zero-order chi connectivity index (χ0) is 17.6. The van der Waals surface area contributed by atoms with Crippen LogP contribution in [0.25, 0.3) is 0 Å². The molecule has 0 radical (unpaired) electrons. The van der Waals surface area contributed by atoms with Gasteiger partial charge in [-0.25, -0.2) is 4.79 Å². The molecule has 1 aromatic carbocycles. The standard InChI is InChI=1S/C18H20ClN3O3/c1-2-20-18(23)22(11-13-6-4-3-5-7-13)12-14-10-15(21-25-14)16-8-9-17(19)24-16/h3-9,14H,2,10-12H2,1H3,(H,20,23). The van der Waals surface area contributed by atoms with E-state index in [0.29, 0.717) is 42.7 Å². The lowest BCUT2D eigenvalue weighted by atomic mass is 10.1. The van der Waals surface area contributed by atoms with E-state index in [2.05, 4.69) is 10.5 Å². The fourth-order valence-corrected chi connectivity index (χ4v) is 2.82. The van der Waals surface area contributed by atoms with Gasteiger partial charge in [0.25, 0.3) is 0 Å². The number of oxime groups is 1. The third-order valence-corrected chi connectivity index (χ3v) is 4.05. The molecule has 1 aliphatic rings. The molecule has 1 N–H and O–H groups in total. The number of amides is 2. The Bertz CT molecular complexity index is 745. The maximum Gasteiger partial charge on any atom is 0.317 e. The number of carbonyl (C=O) groups is 1. The Morgan fingerprint density at radius 2 is 2.12 bits per heavy atom. The number of nitrogens with zero attached hydrogens (tertiary/aromatic N) is 2. The van der Waals surface area contributed by atoms with Crippen molar-refractivity contribution in [2.75, 3.05) is 13.1 Å². The van der Waals surface area contributed by atoms with Crippen molar-refractivity contribution in [2.45, 2.75) is 26.0 Å². The number of halogens is 1. The molecule has 6 nitrogen and oxygen atoms in total. The quantitative estimate of drug-likeness (QED) is 0.853. The summed E-state index contributed by atoms with van der Waals surface area (Å²) in [5, 5.41) is 7.23. The van der Waals surface area contributed by atoms with Gasteiger partial charge in [-0.1, -0.05) is 35.5 Å². The number of nitrogens with one attached hydrogen (secondary N) is 1. The third-order valence-electron chi connectivity index (χ3n) is 3.85. The summed E-state index contributed by atoms with van der Waals surface area (Å²) in [5.74, 6) is 0.597. The summed E-state index contributed by atoms with van der Waals surface area (Å²) in [6, 6.07) is 13.2. The number of urea groups is 1. The van der Waals surface area contributed by atoms with E-state index < -0.39 is 0 Å². The molecule has 2 aromatic rings. The number of carbonyl (C=O) groups excluding carboxylic acids is 1. The summed E-state index contributed by atoms with van der Waals surface area (Å²) in [6.07, 6.45) is 0.347. The van der Waals surface area contributed by atoms with Gasteiger partial charge in [0.1, 0.15) is 5.71 Å². The molecule has 0 saturated heterocycles. The highest BCUT2D eigenvalue weighted by Gasteiger charge is 2.28. The van der Waals surface area contributed by atoms with Crippen LogP contribution in [-0.2, 0) is 11.4 Å². The minimum absolute atomic E-state index is 0.121. The van der Waals surface area contributed by atoms with Gasteiger partial charge in [-0.2, -0.15) is 0 Å². The number of benzene rings is 1. The highest BCUT2D eigenvalue weighted by Crippen LogP contribution is 2.22. The summed E-state index contributed by atoms with van der Waals surface area (Å²) in [6.45, 7) is 3.41. The highest BCUT2D eigenvalue weighted by atomic mass is 35.5. The molecule has 1 aliphatic heterocycles. The molecule has 7 heteroatoms. The third kappa shape index (κ3) is 4.54. The van der Waals surface area contributed by atoms with Crippen LogP contribution in [0.3, 0.4) is 0 Å². The SMILES string of the molecule is CCNC(=O)N(Cc1ccccc1)CC1CC(c2ccc(Cl)o2)=NO1. The second-order valence-electron chi connectivity index (χ2n) is 5.77. The van der Waals surface area contributed by atoms with E-state index in [1.807, 2.05) is 37.3 Å². The molecule has 0 saturated carbocycles. The second kappa shape index (κ2) is 8.07. The zero-order valence-corrected chi connectivity index (χ0v) is 14.7. The van der Waals surface area contributed by atoms with E-state index in [1.165, 1.54) is 0 Å². The van der Waals surface area contributed by atoms with Crippen LogP contribution >= 0.6 is 11.6 Å². The lowest BCUT2D eigenvalue weighted by Gasteiger charge is -2.25. The predicted molar refractivity (Wildman–Crippen MR) is 95.7 cm³/mol. The van der Waals surface area contributed by atoms with Crippen LogP contribution in [-0.4, -0.2) is 35.8 Å². The van der Waals surface area contributed by atoms with Crippen LogP contribution in [0.1, 0.15) is 24.7 Å². The van der Waals surface area contributed by atoms with Gasteiger partial charge in [-0.15, -0.1) is 0 Å². The summed E-state index contributed by atoms with van der Waals surface area (Å²) >= 11 is 5.80. The van der Waals surface area contributed by atoms with Gasteiger partial charge in [-0.3, -0.25) is 0 Å². The van der Waals surface area contributed by atoms with Crippen LogP contribution in [0.5, 0.6) is 0 Å². The van der Waals surface area contributed by atoms with Gasteiger partial charge in [0.05, 0.1) is 6.54 Å². The first-order valence-electron chi connectivity index (χ1n) is 8.20. The van der Waals surface area contributed by atoms with Gasteiger partial charge in [0.15, 0.2) is 17.1 Å². The molecular weight excluding hydrogens is 342 g/mol. The summed E-state index contributed by atoms with van der Waals surface area (Å²) in [7, 11) is 0. The largest absolute Gasteiger partial charge is 0.443 e. The molecule has 0 bridgehead atoms. The Kier molecular flexibility index (Phi) is 5.60. The molecule has 2 amide bonds. The van der Waals surface area contributed by atoms with Crippen LogP contribution in [0.4, 0.5) is 4.79 Å². The Labute approximate surface area is 151 Å². The Balaban J connectivity index is 1.63. The van der Waals surface area contributed by atoms with Crippen molar-refractivity contribution >= 4 is 23.3 Å².